The molecule has 22 heavy (non-hydrogen) atoms. The van der Waals surface area contributed by atoms with Crippen LogP contribution in [0.5, 0.6) is 0 Å². The summed E-state index contributed by atoms with van der Waals surface area (Å²) in [7, 11) is 6.33. The second-order valence-corrected chi connectivity index (χ2v) is 6.54. The van der Waals surface area contributed by atoms with Crippen molar-refractivity contribution >= 4 is 0 Å². The molecule has 3 rings (SSSR count). The smallest absolute Gasteiger partial charge is 0.0320 e. The average molecular weight is 294 g/mol. The van der Waals surface area contributed by atoms with Crippen molar-refractivity contribution in [1.29, 1.82) is 0 Å². The maximum atomic E-state index is 3.48. The Morgan fingerprint density at radius 3 is 2.73 bits per heavy atom. The summed E-state index contributed by atoms with van der Waals surface area (Å²) < 4.78 is 0. The average Bonchev–Trinajstić information content (AvgIpc) is 2.54. The Morgan fingerprint density at radius 2 is 1.95 bits per heavy atom. The molecule has 1 aliphatic rings. The normalized spacial score (nSPS) is 17.5. The molecule has 0 heterocycles. The number of fused-ring (bicyclic) bond motifs is 1. The lowest BCUT2D eigenvalue weighted by atomic mass is 9.85. The molecule has 116 valence electrons. The van der Waals surface area contributed by atoms with E-state index >= 15 is 0 Å². The molecule has 0 fully saturated rings. The molecule has 0 bridgehead atoms. The minimum atomic E-state index is 0.504. The molecule has 2 nitrogen and oxygen atoms in total. The Bertz CT molecular complexity index is 646. The number of aryl methyl sites for hydroxylation is 1. The van der Waals surface area contributed by atoms with Gasteiger partial charge in [0.2, 0.25) is 0 Å². The van der Waals surface area contributed by atoms with Gasteiger partial charge in [-0.25, -0.2) is 0 Å². The largest absolute Gasteiger partial charge is 0.313 e. The van der Waals surface area contributed by atoms with Crippen LogP contribution < -0.4 is 5.32 Å². The van der Waals surface area contributed by atoms with E-state index in [4.69, 9.17) is 0 Å². The zero-order chi connectivity index (χ0) is 15.5. The lowest BCUT2D eigenvalue weighted by Crippen LogP contribution is -2.21. The van der Waals surface area contributed by atoms with Gasteiger partial charge in [0.1, 0.15) is 0 Å². The molecule has 0 saturated heterocycles. The second-order valence-electron chi connectivity index (χ2n) is 6.54. The van der Waals surface area contributed by atoms with E-state index in [-0.39, 0.29) is 0 Å². The van der Waals surface area contributed by atoms with Crippen molar-refractivity contribution < 1.29 is 0 Å². The summed E-state index contributed by atoms with van der Waals surface area (Å²) in [6, 6.07) is 16.3. The van der Waals surface area contributed by atoms with Crippen LogP contribution >= 0.6 is 0 Å². The Morgan fingerprint density at radius 1 is 1.14 bits per heavy atom. The molecule has 0 amide bonds. The maximum Gasteiger partial charge on any atom is 0.0320 e. The van der Waals surface area contributed by atoms with Crippen LogP contribution in [-0.2, 0) is 13.0 Å². The number of nitrogens with zero attached hydrogens (tertiary/aromatic N) is 1. The Labute approximate surface area is 134 Å². The van der Waals surface area contributed by atoms with Crippen molar-refractivity contribution in [2.75, 3.05) is 21.1 Å². The van der Waals surface area contributed by atoms with Gasteiger partial charge >= 0.3 is 0 Å². The molecule has 2 aromatic rings. The quantitative estimate of drug-likeness (QED) is 0.916. The van der Waals surface area contributed by atoms with Gasteiger partial charge in [-0.2, -0.15) is 0 Å². The van der Waals surface area contributed by atoms with Crippen LogP contribution in [0, 0.1) is 0 Å². The summed E-state index contributed by atoms with van der Waals surface area (Å²) in [4.78, 5) is 2.23. The Hall–Kier alpha value is -1.64. The summed E-state index contributed by atoms with van der Waals surface area (Å²) in [5.41, 5.74) is 7.10. The van der Waals surface area contributed by atoms with Gasteiger partial charge in [0, 0.05) is 12.6 Å². The Balaban J connectivity index is 2.03. The predicted molar refractivity (Wildman–Crippen MR) is 94.0 cm³/mol. The summed E-state index contributed by atoms with van der Waals surface area (Å²) in [6.07, 6.45) is 3.74. The molecule has 0 radical (unpaired) electrons. The van der Waals surface area contributed by atoms with Crippen molar-refractivity contribution in [2.24, 2.45) is 0 Å². The van der Waals surface area contributed by atoms with Crippen LogP contribution in [-0.4, -0.2) is 26.0 Å². The highest BCUT2D eigenvalue weighted by atomic mass is 15.0. The van der Waals surface area contributed by atoms with Gasteiger partial charge in [0.25, 0.3) is 0 Å². The maximum absolute atomic E-state index is 3.48. The van der Waals surface area contributed by atoms with Gasteiger partial charge in [0.05, 0.1) is 0 Å². The lowest BCUT2D eigenvalue weighted by Gasteiger charge is -2.26. The molecule has 2 heteroatoms. The predicted octanol–water partition coefficient (Wildman–Crippen LogP) is 4.01. The second kappa shape index (κ2) is 6.64. The van der Waals surface area contributed by atoms with Crippen LogP contribution in [0.25, 0.3) is 11.1 Å². The van der Waals surface area contributed by atoms with Crippen LogP contribution in [0.4, 0.5) is 0 Å². The minimum absolute atomic E-state index is 0.504. The van der Waals surface area contributed by atoms with Crippen molar-refractivity contribution in [1.82, 2.24) is 10.2 Å². The highest BCUT2D eigenvalue weighted by Crippen LogP contribution is 2.34. The summed E-state index contributed by atoms with van der Waals surface area (Å²) in [5, 5.41) is 3.48. The van der Waals surface area contributed by atoms with Crippen molar-refractivity contribution in [3.63, 3.8) is 0 Å². The van der Waals surface area contributed by atoms with Crippen molar-refractivity contribution in [2.45, 2.75) is 31.8 Å². The molecular weight excluding hydrogens is 268 g/mol. The van der Waals surface area contributed by atoms with E-state index in [2.05, 4.69) is 73.8 Å². The zero-order valence-electron chi connectivity index (χ0n) is 13.9. The van der Waals surface area contributed by atoms with Crippen LogP contribution in [0.3, 0.4) is 0 Å². The number of nitrogens with one attached hydrogen (secondary N) is 1. The third kappa shape index (κ3) is 3.08. The molecule has 1 N–H and O–H groups in total. The minimum Gasteiger partial charge on any atom is -0.313 e. The fourth-order valence-corrected chi connectivity index (χ4v) is 3.55. The third-order valence-electron chi connectivity index (χ3n) is 4.62. The first-order valence-corrected chi connectivity index (χ1v) is 8.22. The SMILES string of the molecule is CNC1CCCc2ccc(-c3ccccc3CN(C)C)cc21. The van der Waals surface area contributed by atoms with Gasteiger partial charge in [-0.1, -0.05) is 36.4 Å². The number of hydrogen-bond acceptors (Lipinski definition) is 2. The molecule has 0 aliphatic heterocycles. The van der Waals surface area contributed by atoms with Gasteiger partial charge < -0.3 is 10.2 Å². The molecule has 0 aromatic heterocycles. The van der Waals surface area contributed by atoms with E-state index in [0.717, 1.165) is 6.54 Å². The number of hydrogen-bond donors (Lipinski definition) is 1. The fraction of sp³-hybridized carbons (Fsp3) is 0.400. The van der Waals surface area contributed by atoms with Crippen molar-refractivity contribution in [3.05, 3.63) is 59.2 Å². The monoisotopic (exact) mass is 294 g/mol. The van der Waals surface area contributed by atoms with E-state index in [1.54, 1.807) is 0 Å². The summed E-state index contributed by atoms with van der Waals surface area (Å²) >= 11 is 0. The third-order valence-corrected chi connectivity index (χ3v) is 4.62. The summed E-state index contributed by atoms with van der Waals surface area (Å²) in [5.74, 6) is 0. The lowest BCUT2D eigenvalue weighted by molar-refractivity contribution is 0.403. The van der Waals surface area contributed by atoms with Gasteiger partial charge in [-0.15, -0.1) is 0 Å². The molecule has 1 atom stereocenters. The first-order chi connectivity index (χ1) is 10.7. The number of rotatable bonds is 4. The van der Waals surface area contributed by atoms with E-state index < -0.39 is 0 Å². The van der Waals surface area contributed by atoms with E-state index in [1.807, 2.05) is 0 Å². The highest BCUT2D eigenvalue weighted by molar-refractivity contribution is 5.69. The van der Waals surface area contributed by atoms with E-state index in [0.29, 0.717) is 6.04 Å². The fourth-order valence-electron chi connectivity index (χ4n) is 3.55. The zero-order valence-corrected chi connectivity index (χ0v) is 13.9. The molecule has 1 aliphatic carbocycles. The van der Waals surface area contributed by atoms with Crippen LogP contribution in [0.1, 0.15) is 35.6 Å². The molecule has 0 spiro atoms. The van der Waals surface area contributed by atoms with Crippen molar-refractivity contribution in [3.8, 4) is 11.1 Å². The van der Waals surface area contributed by atoms with E-state index in [9.17, 15) is 0 Å². The first-order valence-electron chi connectivity index (χ1n) is 8.22. The Kier molecular flexibility index (Phi) is 4.60. The topological polar surface area (TPSA) is 15.3 Å². The first kappa shape index (κ1) is 15.3. The summed E-state index contributed by atoms with van der Waals surface area (Å²) in [6.45, 7) is 0.975. The van der Waals surface area contributed by atoms with Gasteiger partial charge in [0.15, 0.2) is 0 Å². The molecule has 2 aromatic carbocycles. The highest BCUT2D eigenvalue weighted by Gasteiger charge is 2.19. The number of benzene rings is 2. The van der Waals surface area contributed by atoms with Crippen LogP contribution in [0.15, 0.2) is 42.5 Å². The molecular formula is C20H26N2. The molecule has 1 unspecified atom stereocenters. The molecule has 0 saturated carbocycles. The van der Waals surface area contributed by atoms with E-state index in [1.165, 1.54) is 47.1 Å². The standard InChI is InChI=1S/C20H26N2/c1-21-20-10-6-8-15-11-12-16(13-19(15)20)18-9-5-4-7-17(18)14-22(2)3/h4-5,7,9,11-13,20-21H,6,8,10,14H2,1-3H3. The van der Waals surface area contributed by atoms with Gasteiger partial charge in [-0.3, -0.25) is 0 Å². The van der Waals surface area contributed by atoms with Gasteiger partial charge in [-0.05, 0) is 74.3 Å². The van der Waals surface area contributed by atoms with Crippen LogP contribution in [0.2, 0.25) is 0 Å².